The average molecular weight is 298 g/mol. The number of hydrogen-bond acceptors (Lipinski definition) is 2. The van der Waals surface area contributed by atoms with Crippen molar-refractivity contribution in [2.75, 3.05) is 5.75 Å². The van der Waals surface area contributed by atoms with Crippen molar-refractivity contribution >= 4 is 11.8 Å². The molecule has 0 radical (unpaired) electrons. The molecule has 0 aromatic heterocycles. The van der Waals surface area contributed by atoms with Gasteiger partial charge in [0, 0.05) is 11.3 Å². The van der Waals surface area contributed by atoms with Crippen LogP contribution in [0.3, 0.4) is 0 Å². The normalized spacial score (nSPS) is 31.6. The number of hydrogen-bond donors (Lipinski definition) is 1. The van der Waals surface area contributed by atoms with Crippen LogP contribution in [0, 0.1) is 5.92 Å². The summed E-state index contributed by atoms with van der Waals surface area (Å²) in [5.41, 5.74) is 6.52. The highest BCUT2D eigenvalue weighted by molar-refractivity contribution is 7.99. The van der Waals surface area contributed by atoms with Gasteiger partial charge in [-0.05, 0) is 37.4 Å². The molecule has 2 fully saturated rings. The predicted octanol–water partition coefficient (Wildman–Crippen LogP) is 5.52. The Morgan fingerprint density at radius 1 is 0.650 bits per heavy atom. The van der Waals surface area contributed by atoms with Crippen LogP contribution in [0.25, 0.3) is 0 Å². The fourth-order valence-electron chi connectivity index (χ4n) is 3.83. The molecule has 0 aliphatic heterocycles. The lowest BCUT2D eigenvalue weighted by atomic mass is 9.98. The van der Waals surface area contributed by atoms with Gasteiger partial charge in [0.15, 0.2) is 0 Å². The minimum atomic E-state index is 0.459. The fourth-order valence-corrected chi connectivity index (χ4v) is 5.40. The Bertz CT molecular complexity index is 238. The van der Waals surface area contributed by atoms with Gasteiger partial charge in [0.2, 0.25) is 0 Å². The summed E-state index contributed by atoms with van der Waals surface area (Å²) in [5.74, 6) is 2.40. The van der Waals surface area contributed by atoms with E-state index < -0.39 is 0 Å². The van der Waals surface area contributed by atoms with Crippen molar-refractivity contribution in [1.29, 1.82) is 0 Å². The van der Waals surface area contributed by atoms with E-state index >= 15 is 0 Å². The summed E-state index contributed by atoms with van der Waals surface area (Å²) in [4.78, 5) is 0. The molecular formula is C18H35NS. The third kappa shape index (κ3) is 6.39. The Hall–Kier alpha value is 0.310. The monoisotopic (exact) mass is 297 g/mol. The molecular weight excluding hydrogens is 262 g/mol. The summed E-state index contributed by atoms with van der Waals surface area (Å²) in [6, 6.07) is 0.459. The minimum Gasteiger partial charge on any atom is -0.327 e. The second kappa shape index (κ2) is 10.1. The van der Waals surface area contributed by atoms with E-state index in [0.717, 1.165) is 11.2 Å². The van der Waals surface area contributed by atoms with Gasteiger partial charge in [-0.15, -0.1) is 0 Å². The van der Waals surface area contributed by atoms with Crippen LogP contribution in [-0.4, -0.2) is 17.0 Å². The first-order valence-corrected chi connectivity index (χ1v) is 10.3. The third-order valence-electron chi connectivity index (χ3n) is 5.27. The van der Waals surface area contributed by atoms with Gasteiger partial charge in [-0.1, -0.05) is 64.2 Å². The molecule has 0 aromatic rings. The van der Waals surface area contributed by atoms with Crippen LogP contribution in [0.15, 0.2) is 0 Å². The highest BCUT2D eigenvalue weighted by Gasteiger charge is 2.21. The van der Waals surface area contributed by atoms with Crippen LogP contribution in [-0.2, 0) is 0 Å². The van der Waals surface area contributed by atoms with E-state index in [1.165, 1.54) is 95.6 Å². The zero-order valence-electron chi connectivity index (χ0n) is 13.3. The quantitative estimate of drug-likeness (QED) is 0.742. The van der Waals surface area contributed by atoms with Crippen molar-refractivity contribution in [2.45, 2.75) is 101 Å². The van der Waals surface area contributed by atoms with Gasteiger partial charge in [0.05, 0.1) is 0 Å². The topological polar surface area (TPSA) is 26.0 Å². The molecule has 0 heterocycles. The predicted molar refractivity (Wildman–Crippen MR) is 92.3 cm³/mol. The fraction of sp³-hybridized carbons (Fsp3) is 1.00. The molecule has 1 nitrogen and oxygen atoms in total. The molecule has 0 spiro atoms. The van der Waals surface area contributed by atoms with Crippen molar-refractivity contribution in [2.24, 2.45) is 11.7 Å². The van der Waals surface area contributed by atoms with Crippen molar-refractivity contribution in [3.05, 3.63) is 0 Å². The molecule has 0 saturated heterocycles. The highest BCUT2D eigenvalue weighted by atomic mass is 32.2. The van der Waals surface area contributed by atoms with Crippen molar-refractivity contribution in [3.63, 3.8) is 0 Å². The van der Waals surface area contributed by atoms with Crippen molar-refractivity contribution in [1.82, 2.24) is 0 Å². The van der Waals surface area contributed by atoms with Crippen LogP contribution in [0.4, 0.5) is 0 Å². The molecule has 0 bridgehead atoms. The second-order valence-corrected chi connectivity index (χ2v) is 8.36. The molecule has 2 atom stereocenters. The number of thioether (sulfide) groups is 1. The summed E-state index contributed by atoms with van der Waals surface area (Å²) in [5, 5.41) is 0.745. The standard InChI is InChI=1S/C18H35NS/c19-17-13-7-5-3-1-2-4-6-8-14-18(17)20-15-16-11-9-10-12-16/h16-18H,1-15,19H2. The molecule has 2 N–H and O–H groups in total. The Morgan fingerprint density at radius 3 is 1.80 bits per heavy atom. The van der Waals surface area contributed by atoms with E-state index in [0.29, 0.717) is 6.04 Å². The van der Waals surface area contributed by atoms with Gasteiger partial charge in [0.25, 0.3) is 0 Å². The minimum absolute atomic E-state index is 0.459. The first-order valence-electron chi connectivity index (χ1n) is 9.23. The van der Waals surface area contributed by atoms with E-state index in [1.807, 2.05) is 0 Å². The third-order valence-corrected chi connectivity index (χ3v) is 6.95. The Kier molecular flexibility index (Phi) is 8.43. The van der Waals surface area contributed by atoms with Crippen LogP contribution in [0.5, 0.6) is 0 Å². The maximum Gasteiger partial charge on any atom is 0.0199 e. The summed E-state index contributed by atoms with van der Waals surface area (Å²) in [6.07, 6.45) is 20.0. The lowest BCUT2D eigenvalue weighted by Gasteiger charge is -2.25. The molecule has 0 aromatic carbocycles. The molecule has 2 unspecified atom stereocenters. The highest BCUT2D eigenvalue weighted by Crippen LogP contribution is 2.32. The summed E-state index contributed by atoms with van der Waals surface area (Å²) >= 11 is 2.23. The second-order valence-electron chi connectivity index (χ2n) is 7.09. The van der Waals surface area contributed by atoms with Gasteiger partial charge in [-0.2, -0.15) is 11.8 Å². The Balaban J connectivity index is 1.74. The number of nitrogens with two attached hydrogens (primary N) is 1. The summed E-state index contributed by atoms with van der Waals surface area (Å²) in [7, 11) is 0. The molecule has 2 rings (SSSR count). The first-order chi connectivity index (χ1) is 9.86. The molecule has 2 aliphatic rings. The van der Waals surface area contributed by atoms with Gasteiger partial charge < -0.3 is 5.73 Å². The van der Waals surface area contributed by atoms with Gasteiger partial charge in [-0.25, -0.2) is 0 Å². The van der Waals surface area contributed by atoms with Crippen LogP contribution < -0.4 is 5.73 Å². The maximum atomic E-state index is 6.52. The molecule has 2 aliphatic carbocycles. The van der Waals surface area contributed by atoms with Crippen LogP contribution in [0.2, 0.25) is 0 Å². The van der Waals surface area contributed by atoms with Gasteiger partial charge in [-0.3, -0.25) is 0 Å². The van der Waals surface area contributed by atoms with Crippen molar-refractivity contribution < 1.29 is 0 Å². The van der Waals surface area contributed by atoms with E-state index in [-0.39, 0.29) is 0 Å². The van der Waals surface area contributed by atoms with Crippen LogP contribution >= 0.6 is 11.8 Å². The molecule has 20 heavy (non-hydrogen) atoms. The smallest absolute Gasteiger partial charge is 0.0199 e. The lowest BCUT2D eigenvalue weighted by Crippen LogP contribution is -2.33. The largest absolute Gasteiger partial charge is 0.327 e. The Morgan fingerprint density at radius 2 is 1.15 bits per heavy atom. The number of rotatable bonds is 3. The van der Waals surface area contributed by atoms with E-state index in [1.54, 1.807) is 0 Å². The van der Waals surface area contributed by atoms with Gasteiger partial charge in [0.1, 0.15) is 0 Å². The zero-order valence-corrected chi connectivity index (χ0v) is 14.1. The first kappa shape index (κ1) is 16.7. The van der Waals surface area contributed by atoms with E-state index in [4.69, 9.17) is 5.73 Å². The van der Waals surface area contributed by atoms with Gasteiger partial charge >= 0.3 is 0 Å². The molecule has 2 saturated carbocycles. The average Bonchev–Trinajstić information content (AvgIpc) is 2.95. The maximum absolute atomic E-state index is 6.52. The molecule has 0 amide bonds. The SMILES string of the molecule is NC1CCCCCCCCCCC1SCC1CCCC1. The van der Waals surface area contributed by atoms with E-state index in [9.17, 15) is 0 Å². The van der Waals surface area contributed by atoms with Crippen LogP contribution in [0.1, 0.15) is 89.9 Å². The lowest BCUT2D eigenvalue weighted by molar-refractivity contribution is 0.472. The zero-order chi connectivity index (χ0) is 14.0. The molecule has 2 heteroatoms. The summed E-state index contributed by atoms with van der Waals surface area (Å²) in [6.45, 7) is 0. The Labute approximate surface area is 130 Å². The summed E-state index contributed by atoms with van der Waals surface area (Å²) < 4.78 is 0. The molecule has 118 valence electrons. The van der Waals surface area contributed by atoms with Crippen molar-refractivity contribution in [3.8, 4) is 0 Å². The van der Waals surface area contributed by atoms with E-state index in [2.05, 4.69) is 11.8 Å².